The van der Waals surface area contributed by atoms with Gasteiger partial charge in [0.15, 0.2) is 5.96 Å². The number of aliphatic imine (C=N–C) groups is 1. The van der Waals surface area contributed by atoms with Crippen molar-refractivity contribution >= 4 is 53.5 Å². The predicted octanol–water partition coefficient (Wildman–Crippen LogP) is 4.01. The molecule has 0 bridgehead atoms. The first-order chi connectivity index (χ1) is 10.3. The summed E-state index contributed by atoms with van der Waals surface area (Å²) in [5, 5.41) is 6.71. The molecule has 0 atom stereocenters. The lowest BCUT2D eigenvalue weighted by Crippen LogP contribution is -2.38. The van der Waals surface area contributed by atoms with Crippen LogP contribution in [-0.4, -0.2) is 43.9 Å². The zero-order chi connectivity index (χ0) is 15.3. The minimum Gasteiger partial charge on any atom is -0.356 e. The maximum Gasteiger partial charge on any atom is 0.191 e. The average Bonchev–Trinajstić information content (AvgIpc) is 2.51. The Morgan fingerprint density at radius 3 is 2.36 bits per heavy atom. The highest BCUT2D eigenvalue weighted by atomic mass is 127. The molecule has 0 unspecified atom stereocenters. The van der Waals surface area contributed by atoms with Gasteiger partial charge in [-0.25, -0.2) is 0 Å². The third-order valence-electron chi connectivity index (χ3n) is 2.98. The normalized spacial score (nSPS) is 11.0. The highest BCUT2D eigenvalue weighted by molar-refractivity contribution is 14.0. The first-order valence-electron chi connectivity index (χ1n) is 7.39. The number of rotatable bonds is 9. The van der Waals surface area contributed by atoms with Crippen LogP contribution in [0.2, 0.25) is 0 Å². The van der Waals surface area contributed by atoms with Crippen LogP contribution in [0.15, 0.2) is 34.2 Å². The number of nitrogens with one attached hydrogen (secondary N) is 2. The Morgan fingerprint density at radius 1 is 1.05 bits per heavy atom. The number of halogens is 1. The van der Waals surface area contributed by atoms with E-state index >= 15 is 0 Å². The van der Waals surface area contributed by atoms with Crippen molar-refractivity contribution in [1.29, 1.82) is 0 Å². The fourth-order valence-electron chi connectivity index (χ4n) is 1.77. The van der Waals surface area contributed by atoms with E-state index in [0.29, 0.717) is 0 Å². The smallest absolute Gasteiger partial charge is 0.191 e. The fourth-order valence-corrected chi connectivity index (χ4v) is 3.03. The molecule has 3 nitrogen and oxygen atoms in total. The molecule has 0 amide bonds. The van der Waals surface area contributed by atoms with Crippen LogP contribution in [0.25, 0.3) is 0 Å². The maximum atomic E-state index is 4.24. The van der Waals surface area contributed by atoms with Crippen LogP contribution in [0.4, 0.5) is 0 Å². The second kappa shape index (κ2) is 14.5. The molecule has 22 heavy (non-hydrogen) atoms. The molecule has 0 saturated heterocycles. The highest BCUT2D eigenvalue weighted by Gasteiger charge is 1.98. The number of hydrogen-bond donors (Lipinski definition) is 2. The van der Waals surface area contributed by atoms with E-state index in [0.717, 1.165) is 24.8 Å². The van der Waals surface area contributed by atoms with E-state index in [9.17, 15) is 0 Å². The van der Waals surface area contributed by atoms with Gasteiger partial charge in [-0.2, -0.15) is 11.8 Å². The SMILES string of the molecule is CN=C(NCCCCSC)NCCSc1ccc(C)cc1.I. The highest BCUT2D eigenvalue weighted by Crippen LogP contribution is 2.17. The number of thioether (sulfide) groups is 2. The number of nitrogens with zero attached hydrogens (tertiary/aromatic N) is 1. The summed E-state index contributed by atoms with van der Waals surface area (Å²) < 4.78 is 0. The van der Waals surface area contributed by atoms with Crippen LogP contribution in [-0.2, 0) is 0 Å². The minimum absolute atomic E-state index is 0. The summed E-state index contributed by atoms with van der Waals surface area (Å²) in [6.07, 6.45) is 4.60. The predicted molar refractivity (Wildman–Crippen MR) is 114 cm³/mol. The van der Waals surface area contributed by atoms with Crippen LogP contribution in [0.1, 0.15) is 18.4 Å². The lowest BCUT2D eigenvalue weighted by atomic mass is 10.2. The number of guanidine groups is 1. The second-order valence-corrected chi connectivity index (χ2v) is 6.94. The van der Waals surface area contributed by atoms with Gasteiger partial charge < -0.3 is 10.6 Å². The van der Waals surface area contributed by atoms with Gasteiger partial charge in [-0.15, -0.1) is 35.7 Å². The molecule has 1 rings (SSSR count). The Balaban J connectivity index is 0.00000441. The quantitative estimate of drug-likeness (QED) is 0.195. The van der Waals surface area contributed by atoms with Crippen molar-refractivity contribution in [2.75, 3.05) is 37.9 Å². The zero-order valence-electron chi connectivity index (χ0n) is 13.7. The van der Waals surface area contributed by atoms with Gasteiger partial charge in [0.25, 0.3) is 0 Å². The molecule has 2 N–H and O–H groups in total. The van der Waals surface area contributed by atoms with Crippen molar-refractivity contribution in [1.82, 2.24) is 10.6 Å². The molecule has 6 heteroatoms. The molecule has 0 saturated carbocycles. The summed E-state index contributed by atoms with van der Waals surface area (Å²) in [6.45, 7) is 4.03. The van der Waals surface area contributed by atoms with Gasteiger partial charge in [0, 0.05) is 30.8 Å². The standard InChI is InChI=1S/C16H27N3S2.HI/c1-14-6-8-15(9-7-14)21-13-11-19-16(17-2)18-10-4-5-12-20-3;/h6-9H,4-5,10-13H2,1-3H3,(H2,17,18,19);1H. The Hall–Kier alpha value is -0.0800. The van der Waals surface area contributed by atoms with Crippen molar-refractivity contribution in [3.05, 3.63) is 29.8 Å². The van der Waals surface area contributed by atoms with Crippen LogP contribution < -0.4 is 10.6 Å². The van der Waals surface area contributed by atoms with Gasteiger partial charge in [0.1, 0.15) is 0 Å². The minimum atomic E-state index is 0. The van der Waals surface area contributed by atoms with Gasteiger partial charge in [0.2, 0.25) is 0 Å². The summed E-state index contributed by atoms with van der Waals surface area (Å²) in [7, 11) is 1.82. The third-order valence-corrected chi connectivity index (χ3v) is 4.69. The number of unbranched alkanes of at least 4 members (excludes halogenated alkanes) is 1. The van der Waals surface area contributed by atoms with Crippen molar-refractivity contribution < 1.29 is 0 Å². The third kappa shape index (κ3) is 10.6. The zero-order valence-corrected chi connectivity index (χ0v) is 17.7. The monoisotopic (exact) mass is 453 g/mol. The number of hydrogen-bond acceptors (Lipinski definition) is 3. The molecule has 0 fully saturated rings. The topological polar surface area (TPSA) is 36.4 Å². The van der Waals surface area contributed by atoms with Crippen LogP contribution >= 0.6 is 47.5 Å². The molecule has 1 aromatic carbocycles. The Bertz CT molecular complexity index is 410. The molecule has 0 aliphatic rings. The Labute approximate surface area is 160 Å². The van der Waals surface area contributed by atoms with Crippen molar-refractivity contribution in [3.8, 4) is 0 Å². The van der Waals surface area contributed by atoms with Crippen molar-refractivity contribution in [3.63, 3.8) is 0 Å². The van der Waals surface area contributed by atoms with Gasteiger partial charge in [0.05, 0.1) is 0 Å². The number of aryl methyl sites for hydroxylation is 1. The summed E-state index contributed by atoms with van der Waals surface area (Å²) in [4.78, 5) is 5.56. The molecule has 0 radical (unpaired) electrons. The summed E-state index contributed by atoms with van der Waals surface area (Å²) in [5.74, 6) is 3.18. The van der Waals surface area contributed by atoms with E-state index in [1.54, 1.807) is 0 Å². The molecule has 0 spiro atoms. The van der Waals surface area contributed by atoms with E-state index in [4.69, 9.17) is 0 Å². The molecule has 0 aliphatic carbocycles. The van der Waals surface area contributed by atoms with Crippen LogP contribution in [0.3, 0.4) is 0 Å². The van der Waals surface area contributed by atoms with Crippen molar-refractivity contribution in [2.45, 2.75) is 24.7 Å². The van der Waals surface area contributed by atoms with Crippen molar-refractivity contribution in [2.24, 2.45) is 4.99 Å². The molecule has 0 aliphatic heterocycles. The lowest BCUT2D eigenvalue weighted by Gasteiger charge is -2.11. The largest absolute Gasteiger partial charge is 0.356 e. The molecule has 0 heterocycles. The molecule has 126 valence electrons. The van der Waals surface area contributed by atoms with E-state index in [-0.39, 0.29) is 24.0 Å². The molecule has 0 aromatic heterocycles. The first kappa shape index (κ1) is 21.9. The Morgan fingerprint density at radius 2 is 1.73 bits per heavy atom. The summed E-state index contributed by atoms with van der Waals surface area (Å²) >= 11 is 3.77. The lowest BCUT2D eigenvalue weighted by molar-refractivity contribution is 0.739. The van der Waals surface area contributed by atoms with E-state index in [2.05, 4.69) is 53.1 Å². The first-order valence-corrected chi connectivity index (χ1v) is 9.77. The van der Waals surface area contributed by atoms with E-state index in [1.165, 1.54) is 29.1 Å². The van der Waals surface area contributed by atoms with Gasteiger partial charge >= 0.3 is 0 Å². The van der Waals surface area contributed by atoms with Gasteiger partial charge in [-0.3, -0.25) is 4.99 Å². The van der Waals surface area contributed by atoms with Crippen LogP contribution in [0.5, 0.6) is 0 Å². The summed E-state index contributed by atoms with van der Waals surface area (Å²) in [5.41, 5.74) is 1.31. The van der Waals surface area contributed by atoms with Gasteiger partial charge in [-0.05, 0) is 43.9 Å². The maximum absolute atomic E-state index is 4.24. The molecular formula is C16H28IN3S2. The van der Waals surface area contributed by atoms with E-state index < -0.39 is 0 Å². The molecular weight excluding hydrogens is 425 g/mol. The summed E-state index contributed by atoms with van der Waals surface area (Å²) in [6, 6.07) is 8.67. The fraction of sp³-hybridized carbons (Fsp3) is 0.562. The number of benzene rings is 1. The van der Waals surface area contributed by atoms with Crippen LogP contribution in [0, 0.1) is 6.92 Å². The van der Waals surface area contributed by atoms with Gasteiger partial charge in [-0.1, -0.05) is 17.7 Å². The second-order valence-electron chi connectivity index (χ2n) is 4.79. The Kier molecular flexibility index (Phi) is 14.5. The average molecular weight is 453 g/mol. The van der Waals surface area contributed by atoms with E-state index in [1.807, 2.05) is 30.6 Å². The molecule has 1 aromatic rings.